The summed E-state index contributed by atoms with van der Waals surface area (Å²) in [4.78, 5) is 12.4. The van der Waals surface area contributed by atoms with E-state index in [2.05, 4.69) is 39.4 Å². The summed E-state index contributed by atoms with van der Waals surface area (Å²) in [6, 6.07) is 17.2. The Morgan fingerprint density at radius 3 is 2.12 bits per heavy atom. The van der Waals surface area contributed by atoms with E-state index in [1.54, 1.807) is 30.5 Å². The first-order valence-corrected chi connectivity index (χ1v) is 12.0. The van der Waals surface area contributed by atoms with Gasteiger partial charge in [0, 0.05) is 22.6 Å². The summed E-state index contributed by atoms with van der Waals surface area (Å²) in [5.41, 5.74) is 9.00. The van der Waals surface area contributed by atoms with Crippen molar-refractivity contribution in [2.75, 3.05) is 17.1 Å². The largest absolute Gasteiger partial charge is 0.318 e. The molecule has 0 aliphatic heterocycles. The average molecular weight is 453 g/mol. The molecule has 168 valence electrons. The van der Waals surface area contributed by atoms with Gasteiger partial charge in [0.2, 0.25) is 10.0 Å². The summed E-state index contributed by atoms with van der Waals surface area (Å²) >= 11 is 0. The van der Waals surface area contributed by atoms with Crippen LogP contribution >= 0.6 is 0 Å². The number of hydrogen-bond acceptors (Lipinski definition) is 4. The molecule has 0 spiro atoms. The van der Waals surface area contributed by atoms with Gasteiger partial charge in [-0.1, -0.05) is 35.4 Å². The van der Waals surface area contributed by atoms with Crippen molar-refractivity contribution >= 4 is 27.8 Å². The Bertz CT molecular complexity index is 1240. The SMILES string of the molecule is Cc1ccc(N(CC(=O)N/N=C\c2cc(C)n(-c3ccc(C)cc3)c2C)S(C)(=O)=O)cc1. The predicted molar refractivity (Wildman–Crippen MR) is 129 cm³/mol. The van der Waals surface area contributed by atoms with Crippen molar-refractivity contribution in [3.8, 4) is 5.69 Å². The third-order valence-corrected chi connectivity index (χ3v) is 6.31. The van der Waals surface area contributed by atoms with Gasteiger partial charge in [-0.05, 0) is 58.0 Å². The molecule has 0 aliphatic carbocycles. The highest BCUT2D eigenvalue weighted by molar-refractivity contribution is 7.92. The molecule has 7 nitrogen and oxygen atoms in total. The molecule has 3 rings (SSSR count). The number of aryl methyl sites for hydroxylation is 3. The molecule has 0 saturated carbocycles. The number of anilines is 1. The Morgan fingerprint density at radius 2 is 1.56 bits per heavy atom. The first-order valence-electron chi connectivity index (χ1n) is 10.2. The van der Waals surface area contributed by atoms with Gasteiger partial charge in [-0.3, -0.25) is 9.10 Å². The zero-order chi connectivity index (χ0) is 23.5. The fraction of sp³-hybridized carbons (Fsp3) is 0.250. The highest BCUT2D eigenvalue weighted by Gasteiger charge is 2.20. The zero-order valence-corrected chi connectivity index (χ0v) is 19.8. The number of aromatic nitrogens is 1. The van der Waals surface area contributed by atoms with E-state index in [0.717, 1.165) is 38.8 Å². The topological polar surface area (TPSA) is 83.8 Å². The van der Waals surface area contributed by atoms with Crippen LogP contribution in [0.25, 0.3) is 5.69 Å². The van der Waals surface area contributed by atoms with E-state index in [4.69, 9.17) is 0 Å². The second-order valence-corrected chi connectivity index (χ2v) is 9.80. The number of nitrogens with one attached hydrogen (secondary N) is 1. The first kappa shape index (κ1) is 23.3. The van der Waals surface area contributed by atoms with Crippen molar-refractivity contribution in [2.45, 2.75) is 27.7 Å². The van der Waals surface area contributed by atoms with Crippen LogP contribution in [0.4, 0.5) is 5.69 Å². The second-order valence-electron chi connectivity index (χ2n) is 7.90. The van der Waals surface area contributed by atoms with Gasteiger partial charge in [-0.15, -0.1) is 0 Å². The van der Waals surface area contributed by atoms with Gasteiger partial charge in [0.15, 0.2) is 0 Å². The maximum Gasteiger partial charge on any atom is 0.260 e. The van der Waals surface area contributed by atoms with Crippen LogP contribution in [0.1, 0.15) is 28.1 Å². The number of carbonyl (C=O) groups is 1. The monoisotopic (exact) mass is 452 g/mol. The van der Waals surface area contributed by atoms with Crippen LogP contribution in [0.5, 0.6) is 0 Å². The van der Waals surface area contributed by atoms with E-state index in [-0.39, 0.29) is 6.54 Å². The Morgan fingerprint density at radius 1 is 1.00 bits per heavy atom. The zero-order valence-electron chi connectivity index (χ0n) is 19.0. The van der Waals surface area contributed by atoms with E-state index >= 15 is 0 Å². The molecule has 0 bridgehead atoms. The van der Waals surface area contributed by atoms with Gasteiger partial charge >= 0.3 is 0 Å². The fourth-order valence-corrected chi connectivity index (χ4v) is 4.32. The van der Waals surface area contributed by atoms with Gasteiger partial charge in [0.25, 0.3) is 5.91 Å². The van der Waals surface area contributed by atoms with Crippen LogP contribution in [-0.4, -0.2) is 37.9 Å². The molecule has 1 aromatic heterocycles. The summed E-state index contributed by atoms with van der Waals surface area (Å²) in [5, 5.41) is 4.05. The fourth-order valence-electron chi connectivity index (χ4n) is 3.46. The smallest absolute Gasteiger partial charge is 0.260 e. The maximum atomic E-state index is 12.4. The molecule has 8 heteroatoms. The van der Waals surface area contributed by atoms with E-state index < -0.39 is 15.9 Å². The molecule has 3 aromatic rings. The Hall–Kier alpha value is -3.39. The first-order chi connectivity index (χ1) is 15.1. The molecule has 1 amide bonds. The molecule has 2 aromatic carbocycles. The van der Waals surface area contributed by atoms with E-state index in [0.29, 0.717) is 5.69 Å². The van der Waals surface area contributed by atoms with Gasteiger partial charge in [-0.25, -0.2) is 13.8 Å². The van der Waals surface area contributed by atoms with Gasteiger partial charge in [0.05, 0.1) is 18.2 Å². The van der Waals surface area contributed by atoms with Crippen LogP contribution in [-0.2, 0) is 14.8 Å². The minimum atomic E-state index is -3.63. The van der Waals surface area contributed by atoms with E-state index in [1.807, 2.05) is 33.8 Å². The number of nitrogens with zero attached hydrogens (tertiary/aromatic N) is 3. The summed E-state index contributed by atoms with van der Waals surface area (Å²) in [6.45, 7) is 7.59. The van der Waals surface area contributed by atoms with Crippen LogP contribution in [0.2, 0.25) is 0 Å². The predicted octanol–water partition coefficient (Wildman–Crippen LogP) is 3.63. The normalized spacial score (nSPS) is 11.7. The summed E-state index contributed by atoms with van der Waals surface area (Å²) in [6.07, 6.45) is 2.64. The number of carbonyl (C=O) groups excluding carboxylic acids is 1. The van der Waals surface area contributed by atoms with Crippen LogP contribution in [0.15, 0.2) is 59.7 Å². The summed E-state index contributed by atoms with van der Waals surface area (Å²) in [5.74, 6) is -0.528. The van der Waals surface area contributed by atoms with Crippen molar-refractivity contribution in [1.82, 2.24) is 9.99 Å². The lowest BCUT2D eigenvalue weighted by atomic mass is 10.2. The highest BCUT2D eigenvalue weighted by Crippen LogP contribution is 2.20. The van der Waals surface area contributed by atoms with Crippen LogP contribution in [0, 0.1) is 27.7 Å². The minimum absolute atomic E-state index is 0.360. The van der Waals surface area contributed by atoms with Crippen molar-refractivity contribution in [3.63, 3.8) is 0 Å². The third-order valence-electron chi connectivity index (χ3n) is 5.16. The number of sulfonamides is 1. The number of rotatable bonds is 7. The lowest BCUT2D eigenvalue weighted by Crippen LogP contribution is -2.39. The molecular weight excluding hydrogens is 424 g/mol. The molecule has 0 aliphatic rings. The highest BCUT2D eigenvalue weighted by atomic mass is 32.2. The Labute approximate surface area is 189 Å². The molecule has 0 saturated heterocycles. The molecular formula is C24H28N4O3S. The molecule has 0 atom stereocenters. The molecule has 0 fully saturated rings. The summed E-state index contributed by atoms with van der Waals surface area (Å²) < 4.78 is 27.6. The van der Waals surface area contributed by atoms with Crippen molar-refractivity contribution in [2.24, 2.45) is 5.10 Å². The van der Waals surface area contributed by atoms with Gasteiger partial charge < -0.3 is 4.57 Å². The Kier molecular flexibility index (Phi) is 6.84. The van der Waals surface area contributed by atoms with Crippen molar-refractivity contribution < 1.29 is 13.2 Å². The Balaban J connectivity index is 1.73. The molecule has 1 N–H and O–H groups in total. The lowest BCUT2D eigenvalue weighted by Gasteiger charge is -2.21. The molecule has 32 heavy (non-hydrogen) atoms. The van der Waals surface area contributed by atoms with E-state index in [1.165, 1.54) is 5.56 Å². The molecule has 0 radical (unpaired) electrons. The minimum Gasteiger partial charge on any atom is -0.318 e. The standard InChI is InChI=1S/C24H28N4O3S/c1-17-6-10-22(11-7-17)27(32(5,30)31)16-24(29)26-25-15-21-14-19(3)28(20(21)4)23-12-8-18(2)9-13-23/h6-15H,16H2,1-5H3,(H,26,29)/b25-15-. The number of hydrazone groups is 1. The quantitative estimate of drug-likeness (QED) is 0.439. The number of amides is 1. The maximum absolute atomic E-state index is 12.4. The van der Waals surface area contributed by atoms with Crippen molar-refractivity contribution in [1.29, 1.82) is 0 Å². The number of benzene rings is 2. The van der Waals surface area contributed by atoms with Crippen molar-refractivity contribution in [3.05, 3.63) is 82.7 Å². The lowest BCUT2D eigenvalue weighted by molar-refractivity contribution is -0.119. The summed E-state index contributed by atoms with van der Waals surface area (Å²) in [7, 11) is -3.63. The third kappa shape index (κ3) is 5.45. The van der Waals surface area contributed by atoms with Gasteiger partial charge in [0.1, 0.15) is 6.54 Å². The molecule has 0 unspecified atom stereocenters. The van der Waals surface area contributed by atoms with Gasteiger partial charge in [-0.2, -0.15) is 5.10 Å². The van der Waals surface area contributed by atoms with Crippen LogP contribution in [0.3, 0.4) is 0 Å². The van der Waals surface area contributed by atoms with Crippen LogP contribution < -0.4 is 9.73 Å². The molecule has 1 heterocycles. The second kappa shape index (κ2) is 9.40. The van der Waals surface area contributed by atoms with E-state index in [9.17, 15) is 13.2 Å². The number of hydrogen-bond donors (Lipinski definition) is 1. The average Bonchev–Trinajstić information content (AvgIpc) is 3.00.